The molecule has 2 aromatic rings. The van der Waals surface area contributed by atoms with E-state index in [1.807, 2.05) is 36.7 Å². The molecule has 1 aliphatic rings. The number of hydrogen-bond acceptors (Lipinski definition) is 3. The van der Waals surface area contributed by atoms with Gasteiger partial charge in [-0.15, -0.1) is 0 Å². The molecule has 126 valence electrons. The maximum Gasteiger partial charge on any atom is 0.158 e. The Balaban J connectivity index is 1.86. The molecular weight excluding hydrogens is 368 g/mol. The Bertz CT molecular complexity index is 804. The van der Waals surface area contributed by atoms with Crippen LogP contribution < -0.4 is 4.74 Å². The second-order valence-electron chi connectivity index (χ2n) is 6.22. The summed E-state index contributed by atoms with van der Waals surface area (Å²) in [5, 5.41) is 4.56. The lowest BCUT2D eigenvalue weighted by Gasteiger charge is -2.11. The molecule has 1 aromatic carbocycles. The first kappa shape index (κ1) is 17.0. The summed E-state index contributed by atoms with van der Waals surface area (Å²) in [6.07, 6.45) is 5.65. The number of rotatable bonds is 6. The first-order chi connectivity index (χ1) is 11.5. The zero-order chi connectivity index (χ0) is 17.3. The molecule has 1 saturated carbocycles. The highest BCUT2D eigenvalue weighted by Gasteiger charge is 2.27. The average molecular weight is 389 g/mol. The molecule has 0 unspecified atom stereocenters. The van der Waals surface area contributed by atoms with Gasteiger partial charge in [0.05, 0.1) is 29.5 Å². The van der Waals surface area contributed by atoms with Crippen LogP contribution >= 0.6 is 15.9 Å². The summed E-state index contributed by atoms with van der Waals surface area (Å²) in [6.45, 7) is 4.64. The fourth-order valence-corrected chi connectivity index (χ4v) is 2.98. The van der Waals surface area contributed by atoms with Gasteiger partial charge in [0.15, 0.2) is 5.78 Å². The number of ketones is 1. The summed E-state index contributed by atoms with van der Waals surface area (Å²) in [7, 11) is 1.67. The number of carbonyl (C=O) groups excluding carboxylic acids is 1. The number of halogens is 1. The van der Waals surface area contributed by atoms with E-state index in [1.165, 1.54) is 0 Å². The van der Waals surface area contributed by atoms with E-state index in [-0.39, 0.29) is 11.7 Å². The summed E-state index contributed by atoms with van der Waals surface area (Å²) in [4.78, 5) is 11.8. The monoisotopic (exact) mass is 388 g/mol. The minimum Gasteiger partial charge on any atom is -0.496 e. The topological polar surface area (TPSA) is 44.1 Å². The first-order valence-electron chi connectivity index (χ1n) is 8.08. The Morgan fingerprint density at radius 3 is 2.75 bits per heavy atom. The number of carbonyl (C=O) groups is 1. The standard InChI is InChI=1S/C19H21BrN2O2/c1-12-19(20)13(2)22(21-12)11-16-10-14(5-9-18(16)24-3)4-8-17(23)15-6-7-15/h4-5,8-10,15H,6-7,11H2,1-3H3/b8-4+. The van der Waals surface area contributed by atoms with E-state index in [0.717, 1.165) is 45.6 Å². The molecule has 0 amide bonds. The van der Waals surface area contributed by atoms with E-state index in [0.29, 0.717) is 6.54 Å². The summed E-state index contributed by atoms with van der Waals surface area (Å²) in [5.74, 6) is 1.31. The molecule has 0 spiro atoms. The lowest BCUT2D eigenvalue weighted by atomic mass is 10.1. The second-order valence-corrected chi connectivity index (χ2v) is 7.02. The van der Waals surface area contributed by atoms with Crippen LogP contribution in [0.15, 0.2) is 28.7 Å². The van der Waals surface area contributed by atoms with Crippen molar-refractivity contribution in [1.29, 1.82) is 0 Å². The molecule has 1 fully saturated rings. The van der Waals surface area contributed by atoms with Crippen molar-refractivity contribution in [2.45, 2.75) is 33.2 Å². The molecule has 24 heavy (non-hydrogen) atoms. The summed E-state index contributed by atoms with van der Waals surface area (Å²) in [6, 6.07) is 5.97. The van der Waals surface area contributed by atoms with Crippen LogP contribution in [0, 0.1) is 19.8 Å². The molecule has 0 radical (unpaired) electrons. The van der Waals surface area contributed by atoms with Crippen molar-refractivity contribution in [3.05, 3.63) is 51.3 Å². The van der Waals surface area contributed by atoms with E-state index in [4.69, 9.17) is 4.74 Å². The molecule has 0 atom stereocenters. The van der Waals surface area contributed by atoms with Gasteiger partial charge < -0.3 is 4.74 Å². The predicted octanol–water partition coefficient (Wildman–Crippen LogP) is 4.31. The van der Waals surface area contributed by atoms with Crippen LogP contribution in [0.25, 0.3) is 6.08 Å². The third kappa shape index (κ3) is 3.61. The van der Waals surface area contributed by atoms with Crippen molar-refractivity contribution < 1.29 is 9.53 Å². The minimum absolute atomic E-state index is 0.231. The van der Waals surface area contributed by atoms with Gasteiger partial charge in [-0.2, -0.15) is 5.10 Å². The Hall–Kier alpha value is -1.88. The number of allylic oxidation sites excluding steroid dienone is 1. The van der Waals surface area contributed by atoms with E-state index >= 15 is 0 Å². The van der Waals surface area contributed by atoms with Crippen molar-refractivity contribution >= 4 is 27.8 Å². The number of nitrogens with zero attached hydrogens (tertiary/aromatic N) is 2. The largest absolute Gasteiger partial charge is 0.496 e. The molecule has 3 rings (SSSR count). The number of hydrogen-bond donors (Lipinski definition) is 0. The van der Waals surface area contributed by atoms with Gasteiger partial charge in [0.1, 0.15) is 5.75 Å². The third-order valence-corrected chi connectivity index (χ3v) is 5.49. The molecule has 4 nitrogen and oxygen atoms in total. The molecule has 0 bridgehead atoms. The third-order valence-electron chi connectivity index (χ3n) is 4.34. The van der Waals surface area contributed by atoms with Crippen LogP contribution in [-0.2, 0) is 11.3 Å². The van der Waals surface area contributed by atoms with Crippen LogP contribution in [0.3, 0.4) is 0 Å². The van der Waals surface area contributed by atoms with Crippen molar-refractivity contribution in [2.24, 2.45) is 5.92 Å². The molecule has 0 N–H and O–H groups in total. The zero-order valence-electron chi connectivity index (χ0n) is 14.2. The van der Waals surface area contributed by atoms with Gasteiger partial charge in [-0.05, 0) is 66.4 Å². The lowest BCUT2D eigenvalue weighted by Crippen LogP contribution is -2.06. The number of methoxy groups -OCH3 is 1. The molecule has 5 heteroatoms. The molecule has 1 aromatic heterocycles. The number of benzene rings is 1. The van der Waals surface area contributed by atoms with Gasteiger partial charge in [0.2, 0.25) is 0 Å². The number of aromatic nitrogens is 2. The van der Waals surface area contributed by atoms with Gasteiger partial charge in [0.25, 0.3) is 0 Å². The Morgan fingerprint density at radius 1 is 1.42 bits per heavy atom. The van der Waals surface area contributed by atoms with Gasteiger partial charge in [0, 0.05) is 11.5 Å². The molecule has 1 aliphatic carbocycles. The molecular formula is C19H21BrN2O2. The maximum absolute atomic E-state index is 11.8. The Morgan fingerprint density at radius 2 is 2.17 bits per heavy atom. The Labute approximate surface area is 150 Å². The van der Waals surface area contributed by atoms with Crippen LogP contribution in [0.5, 0.6) is 5.75 Å². The van der Waals surface area contributed by atoms with Gasteiger partial charge in [-0.1, -0.05) is 12.1 Å². The van der Waals surface area contributed by atoms with Crippen LogP contribution in [0.4, 0.5) is 0 Å². The van der Waals surface area contributed by atoms with E-state index in [1.54, 1.807) is 13.2 Å². The van der Waals surface area contributed by atoms with Crippen LogP contribution in [-0.4, -0.2) is 22.7 Å². The highest BCUT2D eigenvalue weighted by Crippen LogP contribution is 2.30. The zero-order valence-corrected chi connectivity index (χ0v) is 15.8. The molecule has 0 saturated heterocycles. The quantitative estimate of drug-likeness (QED) is 0.692. The number of aryl methyl sites for hydroxylation is 1. The second kappa shape index (κ2) is 6.93. The lowest BCUT2D eigenvalue weighted by molar-refractivity contribution is -0.115. The maximum atomic E-state index is 11.8. The minimum atomic E-state index is 0.231. The van der Waals surface area contributed by atoms with E-state index in [2.05, 4.69) is 27.1 Å². The fraction of sp³-hybridized carbons (Fsp3) is 0.368. The predicted molar refractivity (Wildman–Crippen MR) is 98.3 cm³/mol. The summed E-state index contributed by atoms with van der Waals surface area (Å²) in [5.41, 5.74) is 4.09. The SMILES string of the molecule is COc1ccc(/C=C/C(=O)C2CC2)cc1Cn1nc(C)c(Br)c1C. The normalized spacial score (nSPS) is 14.3. The van der Waals surface area contributed by atoms with Gasteiger partial charge >= 0.3 is 0 Å². The van der Waals surface area contributed by atoms with E-state index in [9.17, 15) is 4.79 Å². The van der Waals surface area contributed by atoms with Crippen LogP contribution in [0.2, 0.25) is 0 Å². The van der Waals surface area contributed by atoms with Gasteiger partial charge in [-0.3, -0.25) is 9.48 Å². The van der Waals surface area contributed by atoms with Crippen molar-refractivity contribution in [3.63, 3.8) is 0 Å². The smallest absolute Gasteiger partial charge is 0.158 e. The van der Waals surface area contributed by atoms with Gasteiger partial charge in [-0.25, -0.2) is 0 Å². The Kier molecular flexibility index (Phi) is 4.90. The molecule has 0 aliphatic heterocycles. The molecule has 1 heterocycles. The number of ether oxygens (including phenoxy) is 1. The van der Waals surface area contributed by atoms with Crippen molar-refractivity contribution in [1.82, 2.24) is 9.78 Å². The average Bonchev–Trinajstić information content (AvgIpc) is 3.39. The highest BCUT2D eigenvalue weighted by atomic mass is 79.9. The highest BCUT2D eigenvalue weighted by molar-refractivity contribution is 9.10. The summed E-state index contributed by atoms with van der Waals surface area (Å²) >= 11 is 3.56. The van der Waals surface area contributed by atoms with E-state index < -0.39 is 0 Å². The van der Waals surface area contributed by atoms with Crippen LogP contribution in [0.1, 0.15) is 35.4 Å². The fourth-order valence-electron chi connectivity index (χ4n) is 2.70. The summed E-state index contributed by atoms with van der Waals surface area (Å²) < 4.78 is 8.47. The van der Waals surface area contributed by atoms with Crippen molar-refractivity contribution in [3.8, 4) is 5.75 Å². The van der Waals surface area contributed by atoms with Crippen molar-refractivity contribution in [2.75, 3.05) is 7.11 Å². The first-order valence-corrected chi connectivity index (χ1v) is 8.87.